The predicted octanol–water partition coefficient (Wildman–Crippen LogP) is 6.60. The molecule has 15 nitrogen and oxygen atoms in total. The van der Waals surface area contributed by atoms with Crippen LogP contribution < -0.4 is 0 Å². The van der Waals surface area contributed by atoms with Crippen molar-refractivity contribution in [2.75, 3.05) is 26.4 Å². The van der Waals surface area contributed by atoms with Crippen molar-refractivity contribution in [3.05, 3.63) is 12.2 Å². The maximum absolute atomic E-state index is 13.0. The first kappa shape index (κ1) is 58.4. The van der Waals surface area contributed by atoms with Crippen LogP contribution in [0.5, 0.6) is 0 Å². The molecule has 64 heavy (non-hydrogen) atoms. The van der Waals surface area contributed by atoms with Gasteiger partial charge >= 0.3 is 11.9 Å². The maximum atomic E-state index is 13.0. The lowest BCUT2D eigenvalue weighted by Crippen LogP contribution is -2.61. The number of ether oxygens (including phenoxy) is 6. The van der Waals surface area contributed by atoms with Crippen molar-refractivity contribution in [1.29, 1.82) is 0 Å². The van der Waals surface area contributed by atoms with Crippen molar-refractivity contribution < 1.29 is 73.8 Å². The van der Waals surface area contributed by atoms with E-state index in [1.165, 1.54) is 96.3 Å². The highest BCUT2D eigenvalue weighted by Gasteiger charge is 2.47. The second-order valence-electron chi connectivity index (χ2n) is 18.0. The molecule has 2 heterocycles. The molecule has 0 aromatic carbocycles. The standard InChI is InChI=1S/C49H90O15/c1-3-5-7-9-11-13-15-17-18-19-20-22-24-26-28-30-32-41(52)62-37(34-59-40(51)31-29-27-25-23-21-16-14-12-10-8-6-4-2)35-60-48-47(58)45(56)43(54)39(64-48)36-61-49-46(57)44(55)42(53)38(33-50)63-49/h12,14,37-39,42-50,53-58H,3-11,13,15-36H2,1-2H3/b14-12+/t37-,38-,39-,42+,43+,44?,45?,46?,47?,48-,49-/m1/s1. The SMILES string of the molecule is CCCCC/C=C/CCCCCCCC(=O)OC[C@H](CO[C@@H]1O[C@H](CO[C@@H]2O[C@H](CO)[C@H](O)C(O)C2O)[C@H](O)C(O)C1O)OC(=O)CCCCCCCCCCCCCCCCCC. The zero-order valence-corrected chi connectivity index (χ0v) is 39.5. The minimum atomic E-state index is -1.76. The summed E-state index contributed by atoms with van der Waals surface area (Å²) in [6.45, 7) is 2.57. The molecule has 0 bridgehead atoms. The van der Waals surface area contributed by atoms with Crippen LogP contribution in [0, 0.1) is 0 Å². The minimum absolute atomic E-state index is 0.169. The molecule has 0 aromatic rings. The number of aliphatic hydroxyl groups excluding tert-OH is 7. The summed E-state index contributed by atoms with van der Waals surface area (Å²) in [4.78, 5) is 25.7. The lowest BCUT2D eigenvalue weighted by molar-refractivity contribution is -0.332. The number of aliphatic hydroxyl groups is 7. The van der Waals surface area contributed by atoms with Crippen LogP contribution in [0.25, 0.3) is 0 Å². The third kappa shape index (κ3) is 25.4. The second kappa shape index (κ2) is 37.2. The number of carbonyl (C=O) groups excluding carboxylic acids is 2. The summed E-state index contributed by atoms with van der Waals surface area (Å²) >= 11 is 0. The molecule has 0 amide bonds. The highest BCUT2D eigenvalue weighted by molar-refractivity contribution is 5.70. The Hall–Kier alpha value is -1.76. The summed E-state index contributed by atoms with van der Waals surface area (Å²) in [6.07, 6.45) is 18.1. The maximum Gasteiger partial charge on any atom is 0.306 e. The number of unbranched alkanes of at least 4 members (excludes halogenated alkanes) is 23. The highest BCUT2D eigenvalue weighted by Crippen LogP contribution is 2.26. The Morgan fingerprint density at radius 3 is 1.41 bits per heavy atom. The average molecular weight is 919 g/mol. The van der Waals surface area contributed by atoms with Crippen LogP contribution in [0.4, 0.5) is 0 Å². The Labute approximate surface area is 384 Å². The fourth-order valence-corrected chi connectivity index (χ4v) is 8.04. The topological polar surface area (TPSA) is 231 Å². The van der Waals surface area contributed by atoms with E-state index in [1.807, 2.05) is 0 Å². The lowest BCUT2D eigenvalue weighted by atomic mass is 9.98. The third-order valence-corrected chi connectivity index (χ3v) is 12.2. The van der Waals surface area contributed by atoms with Crippen molar-refractivity contribution in [1.82, 2.24) is 0 Å². The van der Waals surface area contributed by atoms with E-state index in [-0.39, 0.29) is 26.1 Å². The average Bonchev–Trinajstić information content (AvgIpc) is 3.29. The molecule has 2 fully saturated rings. The molecule has 0 radical (unpaired) electrons. The van der Waals surface area contributed by atoms with Gasteiger partial charge in [-0.1, -0.05) is 154 Å². The zero-order valence-electron chi connectivity index (χ0n) is 39.5. The Balaban J connectivity index is 1.81. The second-order valence-corrected chi connectivity index (χ2v) is 18.0. The van der Waals surface area contributed by atoms with Crippen LogP contribution in [-0.2, 0) is 38.0 Å². The molecule has 2 saturated heterocycles. The zero-order chi connectivity index (χ0) is 46.8. The fourth-order valence-electron chi connectivity index (χ4n) is 8.04. The fraction of sp³-hybridized carbons (Fsp3) is 0.918. The first-order valence-corrected chi connectivity index (χ1v) is 25.3. The van der Waals surface area contributed by atoms with Gasteiger partial charge in [-0.25, -0.2) is 0 Å². The first-order chi connectivity index (χ1) is 31.0. The van der Waals surface area contributed by atoms with Crippen LogP contribution in [-0.4, -0.2) is 142 Å². The van der Waals surface area contributed by atoms with Crippen molar-refractivity contribution in [3.8, 4) is 0 Å². The van der Waals surface area contributed by atoms with Crippen molar-refractivity contribution in [2.24, 2.45) is 0 Å². The summed E-state index contributed by atoms with van der Waals surface area (Å²) < 4.78 is 33.5. The van der Waals surface area contributed by atoms with E-state index in [9.17, 15) is 45.3 Å². The quantitative estimate of drug-likeness (QED) is 0.0196. The largest absolute Gasteiger partial charge is 0.462 e. The van der Waals surface area contributed by atoms with Crippen molar-refractivity contribution >= 4 is 11.9 Å². The van der Waals surface area contributed by atoms with E-state index in [4.69, 9.17) is 28.4 Å². The van der Waals surface area contributed by atoms with Crippen LogP contribution in [0.15, 0.2) is 12.2 Å². The van der Waals surface area contributed by atoms with E-state index in [0.717, 1.165) is 57.8 Å². The molecule has 0 spiro atoms. The van der Waals surface area contributed by atoms with Crippen LogP contribution in [0.3, 0.4) is 0 Å². The molecule has 0 saturated carbocycles. The van der Waals surface area contributed by atoms with E-state index in [2.05, 4.69) is 26.0 Å². The summed E-state index contributed by atoms with van der Waals surface area (Å²) in [5.74, 6) is -0.927. The normalized spacial score (nSPS) is 26.6. The van der Waals surface area contributed by atoms with E-state index in [0.29, 0.717) is 12.8 Å². The molecule has 7 N–H and O–H groups in total. The lowest BCUT2D eigenvalue weighted by Gasteiger charge is -2.42. The molecule has 11 atom stereocenters. The summed E-state index contributed by atoms with van der Waals surface area (Å²) in [5.41, 5.74) is 0. The van der Waals surface area contributed by atoms with Crippen LogP contribution in [0.1, 0.15) is 194 Å². The molecule has 2 aliphatic rings. The van der Waals surface area contributed by atoms with Crippen molar-refractivity contribution in [3.63, 3.8) is 0 Å². The number of carbonyl (C=O) groups is 2. The van der Waals surface area contributed by atoms with Gasteiger partial charge in [0.25, 0.3) is 0 Å². The molecule has 2 aliphatic heterocycles. The van der Waals surface area contributed by atoms with Crippen molar-refractivity contribution in [2.45, 2.75) is 261 Å². The number of hydrogen-bond donors (Lipinski definition) is 7. The van der Waals surface area contributed by atoms with Gasteiger partial charge in [-0.3, -0.25) is 9.59 Å². The molecule has 2 rings (SSSR count). The van der Waals surface area contributed by atoms with Crippen LogP contribution >= 0.6 is 0 Å². The Kier molecular flexibility index (Phi) is 34.0. The Morgan fingerprint density at radius 1 is 0.484 bits per heavy atom. The van der Waals surface area contributed by atoms with Gasteiger partial charge in [0.05, 0.1) is 19.8 Å². The van der Waals surface area contributed by atoms with Gasteiger partial charge in [-0.2, -0.15) is 0 Å². The molecule has 4 unspecified atom stereocenters. The molecule has 15 heteroatoms. The number of rotatable bonds is 39. The van der Waals surface area contributed by atoms with Gasteiger partial charge < -0.3 is 64.2 Å². The molecule has 0 aromatic heterocycles. The Morgan fingerprint density at radius 2 is 0.891 bits per heavy atom. The predicted molar refractivity (Wildman–Crippen MR) is 243 cm³/mol. The summed E-state index contributed by atoms with van der Waals surface area (Å²) in [6, 6.07) is 0. The van der Waals surface area contributed by atoms with E-state index >= 15 is 0 Å². The molecular formula is C49H90O15. The van der Waals surface area contributed by atoms with Gasteiger partial charge in [0.2, 0.25) is 0 Å². The third-order valence-electron chi connectivity index (χ3n) is 12.2. The van der Waals surface area contributed by atoms with Crippen LogP contribution in [0.2, 0.25) is 0 Å². The first-order valence-electron chi connectivity index (χ1n) is 25.3. The van der Waals surface area contributed by atoms with Gasteiger partial charge in [0, 0.05) is 12.8 Å². The van der Waals surface area contributed by atoms with Gasteiger partial charge in [-0.05, 0) is 38.5 Å². The number of hydrogen-bond acceptors (Lipinski definition) is 15. The highest BCUT2D eigenvalue weighted by atomic mass is 16.7. The Bertz CT molecular complexity index is 1170. The monoisotopic (exact) mass is 919 g/mol. The van der Waals surface area contributed by atoms with Gasteiger partial charge in [0.1, 0.15) is 55.4 Å². The molecular weight excluding hydrogens is 829 g/mol. The van der Waals surface area contributed by atoms with Gasteiger partial charge in [-0.15, -0.1) is 0 Å². The molecule has 376 valence electrons. The summed E-state index contributed by atoms with van der Waals surface area (Å²) in [5, 5.41) is 72.0. The van der Waals surface area contributed by atoms with Gasteiger partial charge in [0.15, 0.2) is 18.7 Å². The number of esters is 2. The van der Waals surface area contributed by atoms with E-state index < -0.39 is 92.7 Å². The minimum Gasteiger partial charge on any atom is -0.462 e. The number of allylic oxidation sites excluding steroid dienone is 2. The molecule has 0 aliphatic carbocycles. The van der Waals surface area contributed by atoms with E-state index in [1.54, 1.807) is 0 Å². The summed E-state index contributed by atoms with van der Waals surface area (Å²) in [7, 11) is 0. The smallest absolute Gasteiger partial charge is 0.306 e.